The molecule has 5 nitrogen and oxygen atoms in total. The molecule has 3 aliphatic heterocycles. The van der Waals surface area contributed by atoms with Crippen molar-refractivity contribution in [1.29, 1.82) is 0 Å². The van der Waals surface area contributed by atoms with E-state index in [2.05, 4.69) is 4.90 Å². The quantitative estimate of drug-likeness (QED) is 0.757. The molecular weight excluding hydrogens is 376 g/mol. The van der Waals surface area contributed by atoms with Crippen LogP contribution in [-0.4, -0.2) is 65.8 Å². The first-order chi connectivity index (χ1) is 14.0. The molecule has 3 saturated heterocycles. The predicted octanol–water partition coefficient (Wildman–Crippen LogP) is 2.65. The number of likely N-dealkylation sites (tertiary alicyclic amines) is 3. The van der Waals surface area contributed by atoms with E-state index < -0.39 is 11.6 Å². The van der Waals surface area contributed by atoms with Gasteiger partial charge >= 0.3 is 0 Å². The molecule has 0 bridgehead atoms. The molecule has 0 aromatic heterocycles. The van der Waals surface area contributed by atoms with E-state index in [4.69, 9.17) is 0 Å². The molecule has 0 unspecified atom stereocenters. The number of nitrogens with zero attached hydrogens (tertiary/aromatic N) is 3. The van der Waals surface area contributed by atoms with Gasteiger partial charge in [0.15, 0.2) is 11.6 Å². The lowest BCUT2D eigenvalue weighted by atomic mass is 9.83. The van der Waals surface area contributed by atoms with Crippen molar-refractivity contribution >= 4 is 11.8 Å². The van der Waals surface area contributed by atoms with Crippen molar-refractivity contribution in [2.24, 2.45) is 11.8 Å². The largest absolute Gasteiger partial charge is 0.341 e. The first-order valence-electron chi connectivity index (χ1n) is 10.7. The average molecular weight is 405 g/mol. The Hall–Kier alpha value is -2.02. The van der Waals surface area contributed by atoms with E-state index in [0.717, 1.165) is 57.9 Å². The van der Waals surface area contributed by atoms with Gasteiger partial charge in [0.1, 0.15) is 0 Å². The van der Waals surface area contributed by atoms with Crippen molar-refractivity contribution in [1.82, 2.24) is 14.7 Å². The fraction of sp³-hybridized carbons (Fsp3) is 0.636. The van der Waals surface area contributed by atoms with E-state index in [-0.39, 0.29) is 18.4 Å². The Labute approximate surface area is 170 Å². The van der Waals surface area contributed by atoms with E-state index in [1.807, 2.05) is 4.90 Å². The highest BCUT2D eigenvalue weighted by atomic mass is 19.2. The summed E-state index contributed by atoms with van der Waals surface area (Å²) in [6, 6.07) is 4.36. The van der Waals surface area contributed by atoms with E-state index in [0.29, 0.717) is 36.9 Å². The number of piperidine rings is 1. The zero-order valence-electron chi connectivity index (χ0n) is 16.8. The molecule has 158 valence electrons. The van der Waals surface area contributed by atoms with E-state index >= 15 is 0 Å². The highest BCUT2D eigenvalue weighted by Gasteiger charge is 2.35. The number of hydrogen-bond donors (Lipinski definition) is 0. The molecule has 0 aliphatic carbocycles. The summed E-state index contributed by atoms with van der Waals surface area (Å²) < 4.78 is 27.3. The number of carbonyl (C=O) groups is 2. The Kier molecular flexibility index (Phi) is 6.13. The third-order valence-electron chi connectivity index (χ3n) is 6.80. The van der Waals surface area contributed by atoms with E-state index in [9.17, 15) is 18.4 Å². The molecule has 4 rings (SSSR count). The van der Waals surface area contributed by atoms with Crippen molar-refractivity contribution in [3.63, 3.8) is 0 Å². The van der Waals surface area contributed by atoms with Crippen molar-refractivity contribution in [3.8, 4) is 0 Å². The zero-order valence-corrected chi connectivity index (χ0v) is 16.8. The van der Waals surface area contributed by atoms with E-state index in [1.54, 1.807) is 17.0 Å². The third kappa shape index (κ3) is 4.60. The number of benzene rings is 1. The Balaban J connectivity index is 1.23. The first-order valence-corrected chi connectivity index (χ1v) is 10.7. The van der Waals surface area contributed by atoms with Crippen LogP contribution in [0.1, 0.15) is 37.7 Å². The minimum atomic E-state index is -0.788. The van der Waals surface area contributed by atoms with Crippen LogP contribution in [-0.2, 0) is 16.1 Å². The lowest BCUT2D eigenvalue weighted by Crippen LogP contribution is -2.40. The number of rotatable bonds is 5. The fourth-order valence-corrected chi connectivity index (χ4v) is 5.03. The van der Waals surface area contributed by atoms with Gasteiger partial charge in [-0.15, -0.1) is 0 Å². The Morgan fingerprint density at radius 1 is 1.03 bits per heavy atom. The van der Waals surface area contributed by atoms with Crippen LogP contribution in [0.2, 0.25) is 0 Å². The monoisotopic (exact) mass is 405 g/mol. The van der Waals surface area contributed by atoms with Crippen molar-refractivity contribution in [2.75, 3.05) is 39.3 Å². The minimum Gasteiger partial charge on any atom is -0.341 e. The molecule has 0 radical (unpaired) electrons. The second-order valence-corrected chi connectivity index (χ2v) is 8.63. The van der Waals surface area contributed by atoms with Gasteiger partial charge in [0.25, 0.3) is 0 Å². The first kappa shape index (κ1) is 20.3. The zero-order chi connectivity index (χ0) is 20.4. The van der Waals surface area contributed by atoms with Crippen LogP contribution in [0.4, 0.5) is 8.78 Å². The number of carbonyl (C=O) groups excluding carboxylic acids is 2. The van der Waals surface area contributed by atoms with Gasteiger partial charge in [-0.3, -0.25) is 14.5 Å². The molecule has 0 N–H and O–H groups in total. The van der Waals surface area contributed by atoms with Gasteiger partial charge in [-0.2, -0.15) is 0 Å². The van der Waals surface area contributed by atoms with Gasteiger partial charge in [0.2, 0.25) is 11.8 Å². The Morgan fingerprint density at radius 3 is 2.52 bits per heavy atom. The highest BCUT2D eigenvalue weighted by molar-refractivity contribution is 5.86. The van der Waals surface area contributed by atoms with Gasteiger partial charge in [-0.05, 0) is 56.7 Å². The van der Waals surface area contributed by atoms with Crippen LogP contribution in [0.25, 0.3) is 0 Å². The Bertz CT molecular complexity index is 764. The fourth-order valence-electron chi connectivity index (χ4n) is 5.03. The molecular formula is C22H29F2N3O2. The summed E-state index contributed by atoms with van der Waals surface area (Å²) in [4.78, 5) is 30.1. The van der Waals surface area contributed by atoms with Crippen molar-refractivity contribution < 1.29 is 18.4 Å². The summed E-state index contributed by atoms with van der Waals surface area (Å²) >= 11 is 0. The lowest BCUT2D eigenvalue weighted by molar-refractivity contribution is -0.137. The molecule has 1 aromatic rings. The second kappa shape index (κ2) is 8.78. The number of amides is 2. The van der Waals surface area contributed by atoms with Gasteiger partial charge in [0, 0.05) is 38.2 Å². The molecule has 0 spiro atoms. The van der Waals surface area contributed by atoms with Gasteiger partial charge in [-0.25, -0.2) is 8.78 Å². The topological polar surface area (TPSA) is 43.9 Å². The number of hydrogen-bond acceptors (Lipinski definition) is 3. The summed E-state index contributed by atoms with van der Waals surface area (Å²) in [7, 11) is 0. The minimum absolute atomic E-state index is 0.0711. The van der Waals surface area contributed by atoms with Gasteiger partial charge in [0.05, 0.1) is 6.54 Å². The summed E-state index contributed by atoms with van der Waals surface area (Å²) in [5.41, 5.74) is 0.414. The standard InChI is InChI=1S/C22H29F2N3O2/c23-19-4-1-3-18(22(19)24)13-25-10-6-16(7-11-25)17-8-12-27(14-17)21(29)15-26-9-2-5-20(26)28/h1,3-4,16-17H,2,5-15H2/t17-/m0/s1. The van der Waals surface area contributed by atoms with Crippen LogP contribution in [0.5, 0.6) is 0 Å². The number of halogens is 2. The summed E-state index contributed by atoms with van der Waals surface area (Å²) in [5.74, 6) is -0.297. The molecule has 7 heteroatoms. The molecule has 1 aromatic carbocycles. The maximum absolute atomic E-state index is 13.9. The molecule has 2 amide bonds. The second-order valence-electron chi connectivity index (χ2n) is 8.63. The van der Waals surface area contributed by atoms with Crippen LogP contribution >= 0.6 is 0 Å². The van der Waals surface area contributed by atoms with Gasteiger partial charge in [-0.1, -0.05) is 12.1 Å². The van der Waals surface area contributed by atoms with Crippen molar-refractivity contribution in [2.45, 2.75) is 38.6 Å². The highest BCUT2D eigenvalue weighted by Crippen LogP contribution is 2.32. The summed E-state index contributed by atoms with van der Waals surface area (Å²) in [6.07, 6.45) is 4.48. The SMILES string of the molecule is O=C1CCCN1CC(=O)N1CC[C@H](C2CCN(Cc3cccc(F)c3F)CC2)C1. The van der Waals surface area contributed by atoms with Crippen LogP contribution in [0.3, 0.4) is 0 Å². The maximum atomic E-state index is 13.9. The average Bonchev–Trinajstić information content (AvgIpc) is 3.36. The molecule has 0 saturated carbocycles. The third-order valence-corrected chi connectivity index (χ3v) is 6.80. The molecule has 29 heavy (non-hydrogen) atoms. The van der Waals surface area contributed by atoms with Crippen molar-refractivity contribution in [3.05, 3.63) is 35.4 Å². The van der Waals surface area contributed by atoms with Crippen LogP contribution in [0.15, 0.2) is 18.2 Å². The molecule has 3 heterocycles. The normalized spacial score (nSPS) is 23.9. The maximum Gasteiger partial charge on any atom is 0.242 e. The van der Waals surface area contributed by atoms with Crippen LogP contribution < -0.4 is 0 Å². The smallest absolute Gasteiger partial charge is 0.242 e. The molecule has 1 atom stereocenters. The summed E-state index contributed by atoms with van der Waals surface area (Å²) in [5, 5.41) is 0. The molecule has 3 aliphatic rings. The Morgan fingerprint density at radius 2 is 1.79 bits per heavy atom. The predicted molar refractivity (Wildman–Crippen MR) is 105 cm³/mol. The van der Waals surface area contributed by atoms with Crippen LogP contribution in [0, 0.1) is 23.5 Å². The summed E-state index contributed by atoms with van der Waals surface area (Å²) in [6.45, 7) is 4.66. The van der Waals surface area contributed by atoms with E-state index in [1.165, 1.54) is 0 Å². The molecule has 3 fully saturated rings. The van der Waals surface area contributed by atoms with Gasteiger partial charge < -0.3 is 9.80 Å². The lowest BCUT2D eigenvalue weighted by Gasteiger charge is -2.35.